The molecule has 0 amide bonds. The second-order valence-electron chi connectivity index (χ2n) is 4.38. The normalized spacial score (nSPS) is 15.5. The fourth-order valence-electron chi connectivity index (χ4n) is 1.23. The predicted octanol–water partition coefficient (Wildman–Crippen LogP) is 2.21. The van der Waals surface area contributed by atoms with Gasteiger partial charge in [-0.05, 0) is 13.8 Å². The van der Waals surface area contributed by atoms with E-state index in [-0.39, 0.29) is 5.56 Å². The molecule has 0 aliphatic heterocycles. The van der Waals surface area contributed by atoms with Crippen molar-refractivity contribution >= 4 is 0 Å². The molecule has 0 aliphatic carbocycles. The number of hydrogen-bond acceptors (Lipinski definition) is 2. The van der Waals surface area contributed by atoms with Crippen LogP contribution < -0.4 is 0 Å². The smallest absolute Gasteiger partial charge is 0.378 e. The minimum absolute atomic E-state index is 0.380. The molecule has 1 aromatic carbocycles. The van der Waals surface area contributed by atoms with Gasteiger partial charge in [-0.15, -0.1) is 0 Å². The molecule has 1 atom stereocenters. The minimum atomic E-state index is -4.95. The van der Waals surface area contributed by atoms with Crippen LogP contribution >= 0.6 is 0 Å². The standard InChI is InChI=1S/C13H13F3O2/c1-11(2,17)8-9-12(18,13(14,15)16)10-6-4-3-5-7-10/h3-7,17-18H,1-2H3. The highest BCUT2D eigenvalue weighted by Gasteiger charge is 2.54. The summed E-state index contributed by atoms with van der Waals surface area (Å²) in [4.78, 5) is 0. The van der Waals surface area contributed by atoms with Crippen LogP contribution in [0.15, 0.2) is 30.3 Å². The van der Waals surface area contributed by atoms with Crippen molar-refractivity contribution in [2.45, 2.75) is 31.2 Å². The molecule has 2 nitrogen and oxygen atoms in total. The molecular weight excluding hydrogens is 245 g/mol. The number of benzene rings is 1. The number of aliphatic hydroxyl groups is 2. The molecule has 0 fully saturated rings. The molecule has 5 heteroatoms. The van der Waals surface area contributed by atoms with Crippen molar-refractivity contribution in [1.82, 2.24) is 0 Å². The molecule has 0 saturated heterocycles. The fraction of sp³-hybridized carbons (Fsp3) is 0.385. The molecule has 0 radical (unpaired) electrons. The third-order valence-corrected chi connectivity index (χ3v) is 2.15. The Morgan fingerprint density at radius 3 is 1.83 bits per heavy atom. The Morgan fingerprint density at radius 2 is 1.44 bits per heavy atom. The van der Waals surface area contributed by atoms with Crippen molar-refractivity contribution < 1.29 is 23.4 Å². The summed E-state index contributed by atoms with van der Waals surface area (Å²) in [5.41, 5.74) is -5.28. The zero-order valence-electron chi connectivity index (χ0n) is 9.92. The topological polar surface area (TPSA) is 40.5 Å². The highest BCUT2D eigenvalue weighted by atomic mass is 19.4. The predicted molar refractivity (Wildman–Crippen MR) is 60.5 cm³/mol. The lowest BCUT2D eigenvalue weighted by atomic mass is 9.92. The van der Waals surface area contributed by atoms with Crippen LogP contribution in [0.1, 0.15) is 19.4 Å². The third kappa shape index (κ3) is 3.25. The molecule has 0 aliphatic rings. The second-order valence-corrected chi connectivity index (χ2v) is 4.38. The van der Waals surface area contributed by atoms with Crippen molar-refractivity contribution in [3.63, 3.8) is 0 Å². The maximum Gasteiger partial charge on any atom is 0.433 e. The van der Waals surface area contributed by atoms with E-state index in [2.05, 4.69) is 0 Å². The Hall–Kier alpha value is -1.51. The summed E-state index contributed by atoms with van der Waals surface area (Å²) in [7, 11) is 0. The SMILES string of the molecule is CC(C)(O)C#CC(O)(c1ccccc1)C(F)(F)F. The molecule has 18 heavy (non-hydrogen) atoms. The first-order valence-electron chi connectivity index (χ1n) is 5.17. The van der Waals surface area contributed by atoms with E-state index in [1.165, 1.54) is 32.0 Å². The highest BCUT2D eigenvalue weighted by Crippen LogP contribution is 2.38. The Labute approximate surface area is 103 Å². The maximum absolute atomic E-state index is 12.9. The molecule has 0 heterocycles. The van der Waals surface area contributed by atoms with E-state index in [1.54, 1.807) is 5.92 Å². The first-order chi connectivity index (χ1) is 8.06. The molecular formula is C13H13F3O2. The molecule has 1 rings (SSSR count). The van der Waals surface area contributed by atoms with Crippen molar-refractivity contribution in [1.29, 1.82) is 0 Å². The number of halogens is 3. The first-order valence-corrected chi connectivity index (χ1v) is 5.17. The Balaban J connectivity index is 3.33. The molecule has 2 N–H and O–H groups in total. The Kier molecular flexibility index (Phi) is 3.75. The van der Waals surface area contributed by atoms with E-state index in [4.69, 9.17) is 0 Å². The van der Waals surface area contributed by atoms with Gasteiger partial charge in [-0.3, -0.25) is 0 Å². The summed E-state index contributed by atoms with van der Waals surface area (Å²) < 4.78 is 38.8. The zero-order valence-corrected chi connectivity index (χ0v) is 9.92. The third-order valence-electron chi connectivity index (χ3n) is 2.15. The van der Waals surface area contributed by atoms with E-state index >= 15 is 0 Å². The van der Waals surface area contributed by atoms with Gasteiger partial charge in [0.2, 0.25) is 5.60 Å². The lowest BCUT2D eigenvalue weighted by Crippen LogP contribution is -2.41. The van der Waals surface area contributed by atoms with E-state index in [1.807, 2.05) is 5.92 Å². The molecule has 1 aromatic rings. The van der Waals surface area contributed by atoms with Gasteiger partial charge in [-0.25, -0.2) is 0 Å². The van der Waals surface area contributed by atoms with Gasteiger partial charge >= 0.3 is 6.18 Å². The van der Waals surface area contributed by atoms with Crippen LogP contribution in [-0.4, -0.2) is 22.0 Å². The molecule has 1 unspecified atom stereocenters. The van der Waals surface area contributed by atoms with Crippen LogP contribution in [0.3, 0.4) is 0 Å². The van der Waals surface area contributed by atoms with E-state index in [0.29, 0.717) is 0 Å². The molecule has 0 aromatic heterocycles. The number of rotatable bonds is 1. The van der Waals surface area contributed by atoms with Gasteiger partial charge in [0.1, 0.15) is 5.60 Å². The molecule has 98 valence electrons. The quantitative estimate of drug-likeness (QED) is 0.758. The van der Waals surface area contributed by atoms with Crippen molar-refractivity contribution in [3.05, 3.63) is 35.9 Å². The average Bonchev–Trinajstić information content (AvgIpc) is 2.24. The summed E-state index contributed by atoms with van der Waals surface area (Å²) >= 11 is 0. The monoisotopic (exact) mass is 258 g/mol. The van der Waals surface area contributed by atoms with Crippen LogP contribution in [0.2, 0.25) is 0 Å². The van der Waals surface area contributed by atoms with E-state index in [9.17, 15) is 23.4 Å². The second kappa shape index (κ2) is 4.63. The summed E-state index contributed by atoms with van der Waals surface area (Å²) in [5, 5.41) is 19.1. The van der Waals surface area contributed by atoms with Crippen LogP contribution in [0.25, 0.3) is 0 Å². The van der Waals surface area contributed by atoms with Crippen molar-refractivity contribution in [2.24, 2.45) is 0 Å². The Bertz CT molecular complexity index is 463. The van der Waals surface area contributed by atoms with Gasteiger partial charge in [-0.2, -0.15) is 13.2 Å². The maximum atomic E-state index is 12.9. The van der Waals surface area contributed by atoms with E-state index < -0.39 is 17.4 Å². The van der Waals surface area contributed by atoms with Gasteiger partial charge in [0.15, 0.2) is 0 Å². The number of hydrogen-bond donors (Lipinski definition) is 2. The average molecular weight is 258 g/mol. The summed E-state index contributed by atoms with van der Waals surface area (Å²) in [6.07, 6.45) is -4.95. The van der Waals surface area contributed by atoms with Gasteiger partial charge in [-0.1, -0.05) is 42.2 Å². The van der Waals surface area contributed by atoms with Crippen molar-refractivity contribution in [3.8, 4) is 11.8 Å². The van der Waals surface area contributed by atoms with Crippen LogP contribution in [0, 0.1) is 11.8 Å². The largest absolute Gasteiger partial charge is 0.433 e. The van der Waals surface area contributed by atoms with Crippen molar-refractivity contribution in [2.75, 3.05) is 0 Å². The Morgan fingerprint density at radius 1 is 0.944 bits per heavy atom. The van der Waals surface area contributed by atoms with Crippen LogP contribution in [-0.2, 0) is 5.60 Å². The molecule has 0 saturated carbocycles. The van der Waals surface area contributed by atoms with Gasteiger partial charge in [0, 0.05) is 5.56 Å². The zero-order chi connectivity index (χ0) is 14.0. The molecule has 0 bridgehead atoms. The van der Waals surface area contributed by atoms with Gasteiger partial charge in [0.05, 0.1) is 0 Å². The lowest BCUT2D eigenvalue weighted by Gasteiger charge is -2.26. The summed E-state index contributed by atoms with van der Waals surface area (Å²) in [6, 6.07) is 6.54. The minimum Gasteiger partial charge on any atom is -0.378 e. The first kappa shape index (κ1) is 14.6. The lowest BCUT2D eigenvalue weighted by molar-refractivity contribution is -0.240. The van der Waals surface area contributed by atoms with Gasteiger partial charge in [0.25, 0.3) is 0 Å². The highest BCUT2D eigenvalue weighted by molar-refractivity contribution is 5.35. The summed E-state index contributed by atoms with van der Waals surface area (Å²) in [6.45, 7) is 2.48. The van der Waals surface area contributed by atoms with Crippen LogP contribution in [0.4, 0.5) is 13.2 Å². The molecule has 0 spiro atoms. The fourth-order valence-corrected chi connectivity index (χ4v) is 1.23. The van der Waals surface area contributed by atoms with Gasteiger partial charge < -0.3 is 10.2 Å². The number of alkyl halides is 3. The van der Waals surface area contributed by atoms with E-state index in [0.717, 1.165) is 12.1 Å². The van der Waals surface area contributed by atoms with Crippen LogP contribution in [0.5, 0.6) is 0 Å². The summed E-state index contributed by atoms with van der Waals surface area (Å²) in [5.74, 6) is 3.73.